The molecule has 23 heavy (non-hydrogen) atoms. The minimum absolute atomic E-state index is 0.0369. The van der Waals surface area contributed by atoms with Crippen LogP contribution in [0.3, 0.4) is 0 Å². The van der Waals surface area contributed by atoms with Crippen LogP contribution < -0.4 is 5.32 Å². The van der Waals surface area contributed by atoms with Crippen LogP contribution in [0.1, 0.15) is 33.1 Å². The zero-order chi connectivity index (χ0) is 16.9. The molecule has 1 heterocycles. The maximum Gasteiger partial charge on any atom is 0.344 e. The maximum absolute atomic E-state index is 12.6. The second-order valence-corrected chi connectivity index (χ2v) is 5.61. The lowest BCUT2D eigenvalue weighted by Gasteiger charge is -2.30. The first-order valence-electron chi connectivity index (χ1n) is 7.96. The fourth-order valence-corrected chi connectivity index (χ4v) is 2.82. The molecule has 2 atom stereocenters. The highest BCUT2D eigenvalue weighted by Crippen LogP contribution is 2.37. The summed E-state index contributed by atoms with van der Waals surface area (Å²) in [6, 6.07) is 6.47. The van der Waals surface area contributed by atoms with Crippen LogP contribution >= 0.6 is 0 Å². The Hall–Kier alpha value is -2.24. The van der Waals surface area contributed by atoms with Crippen molar-refractivity contribution in [1.29, 1.82) is 0 Å². The summed E-state index contributed by atoms with van der Waals surface area (Å²) in [5.74, 6) is -1.69. The van der Waals surface area contributed by atoms with E-state index in [-0.39, 0.29) is 24.9 Å². The molecule has 0 bridgehead atoms. The molecule has 0 saturated carbocycles. The number of benzene rings is 1. The van der Waals surface area contributed by atoms with Gasteiger partial charge in [0.05, 0.1) is 18.9 Å². The Morgan fingerprint density at radius 2 is 2.17 bits per heavy atom. The summed E-state index contributed by atoms with van der Waals surface area (Å²) in [6.07, 6.45) is 2.47. The average molecular weight is 321 g/mol. The van der Waals surface area contributed by atoms with E-state index >= 15 is 0 Å². The van der Waals surface area contributed by atoms with Crippen LogP contribution in [0.15, 0.2) is 24.3 Å². The SMILES string of the molecule is CCCC[C@H]1COC(=O)[C@@]1(Nc1ccccc1O)C(=O)OCC. The van der Waals surface area contributed by atoms with Crippen molar-refractivity contribution < 1.29 is 24.2 Å². The summed E-state index contributed by atoms with van der Waals surface area (Å²) >= 11 is 0. The van der Waals surface area contributed by atoms with Crippen molar-refractivity contribution in [2.24, 2.45) is 5.92 Å². The number of phenols is 1. The lowest BCUT2D eigenvalue weighted by molar-refractivity contribution is -0.157. The second-order valence-electron chi connectivity index (χ2n) is 5.61. The normalized spacial score (nSPS) is 23.4. The molecule has 1 saturated heterocycles. The minimum atomic E-state index is -1.61. The third-order valence-corrected chi connectivity index (χ3v) is 4.09. The molecule has 2 N–H and O–H groups in total. The number of hydrogen-bond acceptors (Lipinski definition) is 6. The second kappa shape index (κ2) is 7.35. The van der Waals surface area contributed by atoms with Crippen molar-refractivity contribution in [2.45, 2.75) is 38.6 Å². The molecular weight excluding hydrogens is 298 g/mol. The van der Waals surface area contributed by atoms with E-state index < -0.39 is 17.5 Å². The summed E-state index contributed by atoms with van der Waals surface area (Å²) in [6.45, 7) is 4.06. The Bertz CT molecular complexity index is 574. The van der Waals surface area contributed by atoms with Crippen LogP contribution in [0.2, 0.25) is 0 Å². The minimum Gasteiger partial charge on any atom is -0.506 e. The third kappa shape index (κ3) is 3.25. The topological polar surface area (TPSA) is 84.9 Å². The number of para-hydroxylation sites is 2. The zero-order valence-electron chi connectivity index (χ0n) is 13.5. The molecule has 1 aliphatic rings. The molecule has 0 aromatic heterocycles. The van der Waals surface area contributed by atoms with Crippen molar-refractivity contribution in [2.75, 3.05) is 18.5 Å². The molecule has 6 nitrogen and oxygen atoms in total. The van der Waals surface area contributed by atoms with E-state index in [0.717, 1.165) is 12.8 Å². The molecule has 6 heteroatoms. The first-order valence-corrected chi connectivity index (χ1v) is 7.96. The standard InChI is InChI=1S/C17H23NO5/c1-3-5-8-12-11-23-16(21)17(12,15(20)22-4-2)18-13-9-6-7-10-14(13)19/h6-7,9-10,12,18-19H,3-5,8,11H2,1-2H3/t12-,17-/m0/s1. The van der Waals surface area contributed by atoms with E-state index in [9.17, 15) is 14.7 Å². The fraction of sp³-hybridized carbons (Fsp3) is 0.529. The smallest absolute Gasteiger partial charge is 0.344 e. The molecular formula is C17H23NO5. The van der Waals surface area contributed by atoms with Gasteiger partial charge in [-0.2, -0.15) is 0 Å². The van der Waals surface area contributed by atoms with Crippen molar-refractivity contribution >= 4 is 17.6 Å². The first-order chi connectivity index (χ1) is 11.1. The van der Waals surface area contributed by atoms with E-state index in [2.05, 4.69) is 5.32 Å². The van der Waals surface area contributed by atoms with Crippen LogP contribution in [-0.4, -0.2) is 35.8 Å². The number of anilines is 1. The summed E-state index contributed by atoms with van der Waals surface area (Å²) < 4.78 is 10.3. The highest BCUT2D eigenvalue weighted by molar-refractivity contribution is 6.09. The molecule has 0 amide bonds. The van der Waals surface area contributed by atoms with Gasteiger partial charge in [-0.3, -0.25) is 0 Å². The van der Waals surface area contributed by atoms with Crippen LogP contribution in [0.4, 0.5) is 5.69 Å². The maximum atomic E-state index is 12.6. The van der Waals surface area contributed by atoms with Gasteiger partial charge < -0.3 is 19.9 Å². The number of unbranched alkanes of at least 4 members (excludes halogenated alkanes) is 1. The number of carbonyl (C=O) groups is 2. The Labute approximate surface area is 135 Å². The van der Waals surface area contributed by atoms with Gasteiger partial charge in [0.2, 0.25) is 5.54 Å². The van der Waals surface area contributed by atoms with Gasteiger partial charge >= 0.3 is 11.9 Å². The van der Waals surface area contributed by atoms with Crippen LogP contribution in [-0.2, 0) is 19.1 Å². The summed E-state index contributed by atoms with van der Waals surface area (Å²) in [5, 5.41) is 12.9. The van der Waals surface area contributed by atoms with E-state index in [4.69, 9.17) is 9.47 Å². The van der Waals surface area contributed by atoms with Gasteiger partial charge in [0, 0.05) is 5.92 Å². The van der Waals surface area contributed by atoms with Gasteiger partial charge in [-0.1, -0.05) is 31.9 Å². The van der Waals surface area contributed by atoms with E-state index in [1.165, 1.54) is 6.07 Å². The van der Waals surface area contributed by atoms with Gasteiger partial charge in [0.1, 0.15) is 5.75 Å². The Balaban J connectivity index is 2.40. The summed E-state index contributed by atoms with van der Waals surface area (Å²) in [4.78, 5) is 25.0. The molecule has 0 aliphatic carbocycles. The van der Waals surface area contributed by atoms with Gasteiger partial charge in [-0.05, 0) is 25.5 Å². The van der Waals surface area contributed by atoms with Gasteiger partial charge in [-0.25, -0.2) is 9.59 Å². The summed E-state index contributed by atoms with van der Waals surface area (Å²) in [7, 11) is 0. The Morgan fingerprint density at radius 1 is 1.43 bits per heavy atom. The van der Waals surface area contributed by atoms with E-state index in [0.29, 0.717) is 12.1 Å². The van der Waals surface area contributed by atoms with E-state index in [1.54, 1.807) is 25.1 Å². The number of aromatic hydroxyl groups is 1. The number of nitrogens with one attached hydrogen (secondary N) is 1. The molecule has 1 fully saturated rings. The highest BCUT2D eigenvalue weighted by atomic mass is 16.6. The van der Waals surface area contributed by atoms with Gasteiger partial charge in [0.15, 0.2) is 0 Å². The Morgan fingerprint density at radius 3 is 2.83 bits per heavy atom. The number of phenolic OH excluding ortho intramolecular Hbond substituents is 1. The van der Waals surface area contributed by atoms with Crippen molar-refractivity contribution in [3.63, 3.8) is 0 Å². The number of esters is 2. The number of hydrogen-bond donors (Lipinski definition) is 2. The molecule has 0 unspecified atom stereocenters. The van der Waals surface area contributed by atoms with Crippen molar-refractivity contribution in [3.8, 4) is 5.75 Å². The number of ether oxygens (including phenoxy) is 2. The largest absolute Gasteiger partial charge is 0.506 e. The number of carbonyl (C=O) groups excluding carboxylic acids is 2. The van der Waals surface area contributed by atoms with Crippen LogP contribution in [0, 0.1) is 5.92 Å². The fourth-order valence-electron chi connectivity index (χ4n) is 2.82. The van der Waals surface area contributed by atoms with Crippen LogP contribution in [0.25, 0.3) is 0 Å². The molecule has 0 radical (unpaired) electrons. The van der Waals surface area contributed by atoms with Gasteiger partial charge in [-0.15, -0.1) is 0 Å². The molecule has 1 aromatic carbocycles. The molecule has 0 spiro atoms. The highest BCUT2D eigenvalue weighted by Gasteiger charge is 2.59. The Kier molecular flexibility index (Phi) is 5.47. The predicted octanol–water partition coefficient (Wildman–Crippen LogP) is 2.47. The molecule has 126 valence electrons. The lowest BCUT2D eigenvalue weighted by Crippen LogP contribution is -2.56. The molecule has 2 rings (SSSR count). The summed E-state index contributed by atoms with van der Waals surface area (Å²) in [5.41, 5.74) is -1.30. The zero-order valence-corrected chi connectivity index (χ0v) is 13.5. The number of cyclic esters (lactones) is 1. The monoisotopic (exact) mass is 321 g/mol. The lowest BCUT2D eigenvalue weighted by atomic mass is 9.82. The number of rotatable bonds is 7. The quantitative estimate of drug-likeness (QED) is 0.456. The van der Waals surface area contributed by atoms with Crippen molar-refractivity contribution in [1.82, 2.24) is 0 Å². The van der Waals surface area contributed by atoms with Gasteiger partial charge in [0.25, 0.3) is 0 Å². The van der Waals surface area contributed by atoms with Crippen molar-refractivity contribution in [3.05, 3.63) is 24.3 Å². The third-order valence-electron chi connectivity index (χ3n) is 4.09. The van der Waals surface area contributed by atoms with E-state index in [1.807, 2.05) is 6.92 Å². The molecule has 1 aromatic rings. The average Bonchev–Trinajstić information content (AvgIpc) is 2.85. The van der Waals surface area contributed by atoms with Crippen LogP contribution in [0.5, 0.6) is 5.75 Å². The predicted molar refractivity (Wildman–Crippen MR) is 85.1 cm³/mol. The first kappa shape index (κ1) is 17.1. The molecule has 1 aliphatic heterocycles.